The van der Waals surface area contributed by atoms with E-state index in [4.69, 9.17) is 14.6 Å². The predicted molar refractivity (Wildman–Crippen MR) is 103 cm³/mol. The van der Waals surface area contributed by atoms with Crippen molar-refractivity contribution in [3.8, 4) is 28.4 Å². The topological polar surface area (TPSA) is 48.3 Å². The molecule has 1 aliphatic rings. The van der Waals surface area contributed by atoms with E-state index in [9.17, 15) is 8.78 Å². The van der Waals surface area contributed by atoms with Gasteiger partial charge in [0, 0.05) is 23.7 Å². The van der Waals surface area contributed by atoms with Gasteiger partial charge in [0.2, 0.25) is 0 Å². The van der Waals surface area contributed by atoms with Crippen LogP contribution < -0.4 is 14.8 Å². The summed E-state index contributed by atoms with van der Waals surface area (Å²) in [4.78, 5) is 0. The molecule has 0 spiro atoms. The van der Waals surface area contributed by atoms with Crippen molar-refractivity contribution < 1.29 is 18.3 Å². The molecule has 0 radical (unpaired) electrons. The Kier molecular flexibility index (Phi) is 4.90. The number of hydrogen-bond acceptors (Lipinski definition) is 4. The van der Waals surface area contributed by atoms with E-state index in [1.54, 1.807) is 14.2 Å². The molecule has 1 N–H and O–H groups in total. The first-order chi connectivity index (χ1) is 13.6. The highest BCUT2D eigenvalue weighted by molar-refractivity contribution is 5.77. The third-order valence-corrected chi connectivity index (χ3v) is 4.93. The molecule has 0 saturated carbocycles. The van der Waals surface area contributed by atoms with Gasteiger partial charge in [-0.3, -0.25) is 0 Å². The van der Waals surface area contributed by atoms with Crippen LogP contribution in [0, 0.1) is 11.6 Å². The van der Waals surface area contributed by atoms with E-state index in [0.717, 1.165) is 48.8 Å². The minimum absolute atomic E-state index is 0.195. The van der Waals surface area contributed by atoms with Crippen LogP contribution in [0.2, 0.25) is 0 Å². The summed E-state index contributed by atoms with van der Waals surface area (Å²) in [5, 5.41) is 8.06. The lowest BCUT2D eigenvalue weighted by molar-refractivity contribution is 0.356. The largest absolute Gasteiger partial charge is 0.493 e. The second-order valence-corrected chi connectivity index (χ2v) is 6.61. The van der Waals surface area contributed by atoms with Crippen LogP contribution in [0.4, 0.5) is 14.6 Å². The minimum Gasteiger partial charge on any atom is -0.493 e. The molecule has 2 aromatic carbocycles. The third kappa shape index (κ3) is 3.06. The molecule has 3 aromatic rings. The molecule has 0 atom stereocenters. The van der Waals surface area contributed by atoms with Crippen LogP contribution in [0.15, 0.2) is 36.4 Å². The number of fused-ring (bicyclic) bond motifs is 1. The quantitative estimate of drug-likeness (QED) is 0.714. The van der Waals surface area contributed by atoms with E-state index >= 15 is 0 Å². The van der Waals surface area contributed by atoms with Gasteiger partial charge in [0.1, 0.15) is 23.0 Å². The number of anilines is 1. The van der Waals surface area contributed by atoms with Crippen molar-refractivity contribution in [1.29, 1.82) is 0 Å². The standard InChI is InChI=1S/C21H21F2N3O2/c1-27-18-8-5-7-14(20(18)28-2)19-15-6-3-4-11-24-21(15)26(25-19)17-10-9-13(22)12-16(17)23/h5,7-10,12,24H,3-4,6,11H2,1-2H3. The summed E-state index contributed by atoms with van der Waals surface area (Å²) in [6, 6.07) is 9.08. The number of halogens is 2. The number of methoxy groups -OCH3 is 2. The average molecular weight is 385 g/mol. The van der Waals surface area contributed by atoms with Crippen LogP contribution in [0.5, 0.6) is 11.5 Å². The number of nitrogens with zero attached hydrogens (tertiary/aromatic N) is 2. The zero-order chi connectivity index (χ0) is 19.7. The molecule has 0 bridgehead atoms. The first-order valence-electron chi connectivity index (χ1n) is 9.16. The number of nitrogens with one attached hydrogen (secondary N) is 1. The summed E-state index contributed by atoms with van der Waals surface area (Å²) in [7, 11) is 3.16. The van der Waals surface area contributed by atoms with Gasteiger partial charge in [-0.2, -0.15) is 5.10 Å². The summed E-state index contributed by atoms with van der Waals surface area (Å²) in [5.41, 5.74) is 2.64. The lowest BCUT2D eigenvalue weighted by atomic mass is 10.0. The number of ether oxygens (including phenoxy) is 2. The van der Waals surface area contributed by atoms with Crippen molar-refractivity contribution in [2.24, 2.45) is 0 Å². The van der Waals surface area contributed by atoms with E-state index in [-0.39, 0.29) is 5.69 Å². The van der Waals surface area contributed by atoms with Crippen LogP contribution in [0.3, 0.4) is 0 Å². The van der Waals surface area contributed by atoms with Crippen molar-refractivity contribution in [2.75, 3.05) is 26.1 Å². The normalized spacial score (nSPS) is 13.4. The van der Waals surface area contributed by atoms with Crippen LogP contribution >= 0.6 is 0 Å². The number of aromatic nitrogens is 2. The zero-order valence-electron chi connectivity index (χ0n) is 15.8. The molecule has 146 valence electrons. The van der Waals surface area contributed by atoms with Gasteiger partial charge in [-0.1, -0.05) is 6.07 Å². The Hall–Kier alpha value is -3.09. The molecule has 1 aromatic heterocycles. The lowest BCUT2D eigenvalue weighted by Gasteiger charge is -2.12. The molecule has 0 unspecified atom stereocenters. The summed E-state index contributed by atoms with van der Waals surface area (Å²) in [6.45, 7) is 0.760. The molecule has 0 fully saturated rings. The van der Waals surface area contributed by atoms with Crippen LogP contribution in [0.1, 0.15) is 18.4 Å². The fourth-order valence-electron chi connectivity index (χ4n) is 3.62. The Bertz CT molecular complexity index is 1020. The zero-order valence-corrected chi connectivity index (χ0v) is 15.8. The molecule has 0 aliphatic carbocycles. The van der Waals surface area contributed by atoms with Gasteiger partial charge in [0.05, 0.1) is 14.2 Å². The Morgan fingerprint density at radius 1 is 1.07 bits per heavy atom. The fourth-order valence-corrected chi connectivity index (χ4v) is 3.62. The van der Waals surface area contributed by atoms with E-state index < -0.39 is 11.6 Å². The van der Waals surface area contributed by atoms with Gasteiger partial charge in [-0.25, -0.2) is 13.5 Å². The van der Waals surface area contributed by atoms with Gasteiger partial charge in [-0.15, -0.1) is 0 Å². The van der Waals surface area contributed by atoms with Crippen molar-refractivity contribution in [3.05, 3.63) is 53.6 Å². The smallest absolute Gasteiger partial charge is 0.170 e. The van der Waals surface area contributed by atoms with Gasteiger partial charge < -0.3 is 14.8 Å². The molecular formula is C21H21F2N3O2. The van der Waals surface area contributed by atoms with Gasteiger partial charge in [0.25, 0.3) is 0 Å². The Labute approximate surface area is 161 Å². The van der Waals surface area contributed by atoms with E-state index in [1.165, 1.54) is 16.8 Å². The second-order valence-electron chi connectivity index (χ2n) is 6.61. The molecule has 1 aliphatic heterocycles. The highest BCUT2D eigenvalue weighted by atomic mass is 19.1. The van der Waals surface area contributed by atoms with Crippen molar-refractivity contribution >= 4 is 5.82 Å². The maximum Gasteiger partial charge on any atom is 0.170 e. The van der Waals surface area contributed by atoms with Crippen molar-refractivity contribution in [3.63, 3.8) is 0 Å². The van der Waals surface area contributed by atoms with Gasteiger partial charge in [-0.05, 0) is 43.5 Å². The molecule has 0 saturated heterocycles. The number of benzene rings is 2. The Morgan fingerprint density at radius 2 is 1.93 bits per heavy atom. The molecule has 28 heavy (non-hydrogen) atoms. The molecule has 2 heterocycles. The second kappa shape index (κ2) is 7.50. The van der Waals surface area contributed by atoms with Gasteiger partial charge in [0.15, 0.2) is 17.3 Å². The highest BCUT2D eigenvalue weighted by Crippen LogP contribution is 2.42. The SMILES string of the molecule is COc1cccc(-c2nn(-c3ccc(F)cc3F)c3c2CCCCN3)c1OC. The van der Waals surface area contributed by atoms with Crippen LogP contribution in [-0.2, 0) is 6.42 Å². The van der Waals surface area contributed by atoms with Crippen LogP contribution in [-0.4, -0.2) is 30.5 Å². The summed E-state index contributed by atoms with van der Waals surface area (Å²) < 4.78 is 40.4. The van der Waals surface area contributed by atoms with Crippen LogP contribution in [0.25, 0.3) is 16.9 Å². The third-order valence-electron chi connectivity index (χ3n) is 4.93. The minimum atomic E-state index is -0.666. The van der Waals surface area contributed by atoms with E-state index in [2.05, 4.69) is 5.32 Å². The molecule has 0 amide bonds. The highest BCUT2D eigenvalue weighted by Gasteiger charge is 2.25. The first-order valence-corrected chi connectivity index (χ1v) is 9.16. The fraction of sp³-hybridized carbons (Fsp3) is 0.286. The maximum atomic E-state index is 14.5. The summed E-state index contributed by atoms with van der Waals surface area (Å²) in [6.07, 6.45) is 2.77. The van der Waals surface area contributed by atoms with Crippen molar-refractivity contribution in [1.82, 2.24) is 9.78 Å². The molecule has 5 nitrogen and oxygen atoms in total. The monoisotopic (exact) mass is 385 g/mol. The summed E-state index contributed by atoms with van der Waals surface area (Å²) in [5.74, 6) is 0.602. The first kappa shape index (κ1) is 18.3. The van der Waals surface area contributed by atoms with E-state index in [0.29, 0.717) is 17.2 Å². The Balaban J connectivity index is 1.96. The predicted octanol–water partition coefficient (Wildman–Crippen LogP) is 4.58. The van der Waals surface area contributed by atoms with Gasteiger partial charge >= 0.3 is 0 Å². The molecule has 4 rings (SSSR count). The lowest BCUT2D eigenvalue weighted by Crippen LogP contribution is -2.08. The van der Waals surface area contributed by atoms with Crippen molar-refractivity contribution in [2.45, 2.75) is 19.3 Å². The number of para-hydroxylation sites is 1. The summed E-state index contributed by atoms with van der Waals surface area (Å²) >= 11 is 0. The average Bonchev–Trinajstić information content (AvgIpc) is 2.88. The number of rotatable bonds is 4. The van der Waals surface area contributed by atoms with E-state index in [1.807, 2.05) is 18.2 Å². The molecule has 7 heteroatoms. The molecular weight excluding hydrogens is 364 g/mol. The maximum absolute atomic E-state index is 14.5. The Morgan fingerprint density at radius 3 is 2.68 bits per heavy atom. The number of hydrogen-bond donors (Lipinski definition) is 1.